The Kier molecular flexibility index (Phi) is 6.75. The SMILES string of the molecule is CCOC(=O)C1CCC(CNC(=O)N2CCc3c([nH]c4ccccc34)C2c2ccccc2F)CC1. The van der Waals surface area contributed by atoms with Crippen molar-refractivity contribution in [1.29, 1.82) is 0 Å². The summed E-state index contributed by atoms with van der Waals surface area (Å²) >= 11 is 0. The molecule has 5 rings (SSSR count). The molecule has 6 nitrogen and oxygen atoms in total. The molecule has 184 valence electrons. The third kappa shape index (κ3) is 4.64. The van der Waals surface area contributed by atoms with Gasteiger partial charge in [-0.2, -0.15) is 0 Å². The molecule has 1 aliphatic heterocycles. The van der Waals surface area contributed by atoms with Crippen LogP contribution in [0.3, 0.4) is 0 Å². The number of para-hydroxylation sites is 1. The molecule has 1 aromatic heterocycles. The second-order valence-electron chi connectivity index (χ2n) is 9.59. The molecule has 2 aliphatic rings. The highest BCUT2D eigenvalue weighted by Gasteiger charge is 2.36. The van der Waals surface area contributed by atoms with Crippen molar-refractivity contribution in [2.75, 3.05) is 19.7 Å². The standard InChI is InChI=1S/C28H32FN3O3/c1-2-35-27(33)19-13-11-18(12-14-19)17-30-28(34)32-16-15-21-20-7-4-6-10-24(20)31-25(21)26(32)22-8-3-5-9-23(22)29/h3-10,18-19,26,31H,2,11-17H2,1H3,(H,30,34). The molecule has 2 aromatic carbocycles. The average Bonchev–Trinajstić information content (AvgIpc) is 3.26. The summed E-state index contributed by atoms with van der Waals surface area (Å²) in [5, 5.41) is 4.24. The Morgan fingerprint density at radius 2 is 1.83 bits per heavy atom. The lowest BCUT2D eigenvalue weighted by molar-refractivity contribution is -0.149. The van der Waals surface area contributed by atoms with Gasteiger partial charge in [-0.25, -0.2) is 9.18 Å². The Hall–Kier alpha value is -3.35. The van der Waals surface area contributed by atoms with Crippen LogP contribution in [-0.2, 0) is 16.0 Å². The molecule has 1 saturated carbocycles. The second kappa shape index (κ2) is 10.1. The Labute approximate surface area is 204 Å². The summed E-state index contributed by atoms with van der Waals surface area (Å²) in [4.78, 5) is 30.7. The Morgan fingerprint density at radius 1 is 1.09 bits per heavy atom. The van der Waals surface area contributed by atoms with E-state index in [1.807, 2.05) is 31.2 Å². The van der Waals surface area contributed by atoms with Crippen LogP contribution in [0.1, 0.15) is 55.5 Å². The number of nitrogens with one attached hydrogen (secondary N) is 2. The summed E-state index contributed by atoms with van der Waals surface area (Å²) in [6.07, 6.45) is 4.06. The zero-order chi connectivity index (χ0) is 24.4. The van der Waals surface area contributed by atoms with Crippen molar-refractivity contribution in [3.05, 3.63) is 71.2 Å². The van der Waals surface area contributed by atoms with Gasteiger partial charge in [0.1, 0.15) is 11.9 Å². The molecule has 0 bridgehead atoms. The summed E-state index contributed by atoms with van der Waals surface area (Å²) in [6, 6.07) is 14.1. The largest absolute Gasteiger partial charge is 0.466 e. The maximum Gasteiger partial charge on any atom is 0.318 e. The number of nitrogens with zero attached hydrogens (tertiary/aromatic N) is 1. The van der Waals surface area contributed by atoms with Crippen LogP contribution in [0.15, 0.2) is 48.5 Å². The Morgan fingerprint density at radius 3 is 2.60 bits per heavy atom. The number of carbonyl (C=O) groups excluding carboxylic acids is 2. The van der Waals surface area contributed by atoms with Gasteiger partial charge >= 0.3 is 12.0 Å². The summed E-state index contributed by atoms with van der Waals surface area (Å²) in [7, 11) is 0. The quantitative estimate of drug-likeness (QED) is 0.488. The number of aromatic amines is 1. The Bertz CT molecular complexity index is 1220. The number of esters is 1. The number of amides is 2. The predicted molar refractivity (Wildman–Crippen MR) is 132 cm³/mol. The maximum absolute atomic E-state index is 15.0. The van der Waals surface area contributed by atoms with Gasteiger partial charge < -0.3 is 19.9 Å². The fourth-order valence-corrected chi connectivity index (χ4v) is 5.68. The summed E-state index contributed by atoms with van der Waals surface area (Å²) in [5.41, 5.74) is 3.52. The zero-order valence-electron chi connectivity index (χ0n) is 20.1. The molecular weight excluding hydrogens is 445 g/mol. The molecule has 0 saturated heterocycles. The van der Waals surface area contributed by atoms with E-state index in [1.54, 1.807) is 17.0 Å². The predicted octanol–water partition coefficient (Wildman–Crippen LogP) is 5.33. The van der Waals surface area contributed by atoms with E-state index in [0.29, 0.717) is 37.6 Å². The first kappa shape index (κ1) is 23.4. The van der Waals surface area contributed by atoms with Crippen molar-refractivity contribution in [1.82, 2.24) is 15.2 Å². The highest BCUT2D eigenvalue weighted by molar-refractivity contribution is 5.86. The molecule has 2 amide bonds. The van der Waals surface area contributed by atoms with E-state index in [1.165, 1.54) is 6.07 Å². The number of carbonyl (C=O) groups is 2. The molecule has 1 fully saturated rings. The van der Waals surface area contributed by atoms with E-state index in [9.17, 15) is 14.0 Å². The van der Waals surface area contributed by atoms with Crippen molar-refractivity contribution in [2.45, 2.75) is 45.1 Å². The topological polar surface area (TPSA) is 74.4 Å². The van der Waals surface area contributed by atoms with Crippen LogP contribution in [-0.4, -0.2) is 41.6 Å². The van der Waals surface area contributed by atoms with E-state index in [4.69, 9.17) is 4.74 Å². The molecule has 2 N–H and O–H groups in total. The van der Waals surface area contributed by atoms with Crippen LogP contribution in [0, 0.1) is 17.7 Å². The van der Waals surface area contributed by atoms with Crippen molar-refractivity contribution in [2.24, 2.45) is 11.8 Å². The van der Waals surface area contributed by atoms with Gasteiger partial charge in [0.2, 0.25) is 0 Å². The molecule has 7 heteroatoms. The average molecular weight is 478 g/mol. The van der Waals surface area contributed by atoms with Gasteiger partial charge in [-0.05, 0) is 62.6 Å². The van der Waals surface area contributed by atoms with E-state index >= 15 is 0 Å². The fourth-order valence-electron chi connectivity index (χ4n) is 5.68. The highest BCUT2D eigenvalue weighted by Crippen LogP contribution is 2.39. The number of ether oxygens (including phenoxy) is 1. The van der Waals surface area contributed by atoms with Crippen molar-refractivity contribution < 1.29 is 18.7 Å². The minimum atomic E-state index is -0.521. The lowest BCUT2D eigenvalue weighted by Crippen LogP contribution is -2.47. The van der Waals surface area contributed by atoms with Crippen LogP contribution in [0.4, 0.5) is 9.18 Å². The molecule has 35 heavy (non-hydrogen) atoms. The molecule has 0 radical (unpaired) electrons. The molecule has 1 atom stereocenters. The van der Waals surface area contributed by atoms with Gasteiger partial charge in [0, 0.05) is 35.2 Å². The number of hydrogen-bond acceptors (Lipinski definition) is 3. The number of benzene rings is 2. The number of halogens is 1. The van der Waals surface area contributed by atoms with Crippen LogP contribution < -0.4 is 5.32 Å². The number of aromatic nitrogens is 1. The first-order chi connectivity index (χ1) is 17.1. The number of hydrogen-bond donors (Lipinski definition) is 2. The summed E-state index contributed by atoms with van der Waals surface area (Å²) < 4.78 is 20.1. The van der Waals surface area contributed by atoms with Gasteiger partial charge in [0.15, 0.2) is 0 Å². The third-order valence-corrected chi connectivity index (χ3v) is 7.50. The van der Waals surface area contributed by atoms with E-state index < -0.39 is 6.04 Å². The second-order valence-corrected chi connectivity index (χ2v) is 9.59. The van der Waals surface area contributed by atoms with Gasteiger partial charge in [-0.15, -0.1) is 0 Å². The van der Waals surface area contributed by atoms with E-state index in [0.717, 1.165) is 47.8 Å². The van der Waals surface area contributed by atoms with Gasteiger partial charge in [-0.3, -0.25) is 4.79 Å². The number of H-pyrrole nitrogens is 1. The normalized spacial score (nSPS) is 22.0. The molecule has 1 unspecified atom stereocenters. The lowest BCUT2D eigenvalue weighted by Gasteiger charge is -2.37. The van der Waals surface area contributed by atoms with E-state index in [2.05, 4.69) is 16.4 Å². The first-order valence-electron chi connectivity index (χ1n) is 12.6. The van der Waals surface area contributed by atoms with Gasteiger partial charge in [0.05, 0.1) is 12.5 Å². The molecular formula is C28H32FN3O3. The number of urea groups is 1. The van der Waals surface area contributed by atoms with Gasteiger partial charge in [0.25, 0.3) is 0 Å². The van der Waals surface area contributed by atoms with Gasteiger partial charge in [-0.1, -0.05) is 36.4 Å². The number of fused-ring (bicyclic) bond motifs is 3. The lowest BCUT2D eigenvalue weighted by atomic mass is 9.82. The minimum absolute atomic E-state index is 0.0325. The van der Waals surface area contributed by atoms with Crippen LogP contribution in [0.25, 0.3) is 10.9 Å². The zero-order valence-corrected chi connectivity index (χ0v) is 20.1. The molecule has 1 aliphatic carbocycles. The van der Waals surface area contributed by atoms with E-state index in [-0.39, 0.29) is 23.7 Å². The molecule has 0 spiro atoms. The van der Waals surface area contributed by atoms with Crippen LogP contribution in [0.2, 0.25) is 0 Å². The van der Waals surface area contributed by atoms with Crippen molar-refractivity contribution >= 4 is 22.9 Å². The summed E-state index contributed by atoms with van der Waals surface area (Å²) in [5.74, 6) is -0.135. The van der Waals surface area contributed by atoms with Crippen molar-refractivity contribution in [3.63, 3.8) is 0 Å². The highest BCUT2D eigenvalue weighted by atomic mass is 19.1. The molecule has 3 aromatic rings. The fraction of sp³-hybridized carbons (Fsp3) is 0.429. The molecule has 2 heterocycles. The minimum Gasteiger partial charge on any atom is -0.466 e. The monoisotopic (exact) mass is 477 g/mol. The number of rotatable bonds is 5. The smallest absolute Gasteiger partial charge is 0.318 e. The third-order valence-electron chi connectivity index (χ3n) is 7.50. The maximum atomic E-state index is 15.0. The van der Waals surface area contributed by atoms with Crippen LogP contribution in [0.5, 0.6) is 0 Å². The first-order valence-corrected chi connectivity index (χ1v) is 12.6. The van der Waals surface area contributed by atoms with Crippen molar-refractivity contribution in [3.8, 4) is 0 Å². The summed E-state index contributed by atoms with van der Waals surface area (Å²) in [6.45, 7) is 3.29. The van der Waals surface area contributed by atoms with Crippen LogP contribution >= 0.6 is 0 Å². The Balaban J connectivity index is 1.33.